The van der Waals surface area contributed by atoms with Crippen LogP contribution in [0.2, 0.25) is 0 Å². The zero-order valence-corrected chi connectivity index (χ0v) is 16.3. The summed E-state index contributed by atoms with van der Waals surface area (Å²) in [6.45, 7) is 4.27. The van der Waals surface area contributed by atoms with Gasteiger partial charge < -0.3 is 21.1 Å². The summed E-state index contributed by atoms with van der Waals surface area (Å²) in [5.41, 5.74) is 10.5. The predicted octanol–water partition coefficient (Wildman–Crippen LogP) is 5.80. The number of nitrogen functional groups attached to an aromatic ring is 1. The fourth-order valence-corrected chi connectivity index (χ4v) is 3.00. The number of hydrogen-bond acceptors (Lipinski definition) is 4. The number of benzene rings is 3. The molecule has 3 aromatic carbocycles. The van der Waals surface area contributed by atoms with E-state index in [2.05, 4.69) is 13.8 Å². The highest BCUT2D eigenvalue weighted by atomic mass is 16.3. The van der Waals surface area contributed by atoms with Crippen LogP contribution < -0.4 is 5.73 Å². The summed E-state index contributed by atoms with van der Waals surface area (Å²) >= 11 is 0. The van der Waals surface area contributed by atoms with Crippen LogP contribution in [-0.4, -0.2) is 15.3 Å². The van der Waals surface area contributed by atoms with Gasteiger partial charge in [0.2, 0.25) is 0 Å². The monoisotopic (exact) mass is 377 g/mol. The maximum absolute atomic E-state index is 9.41. The molecule has 0 aromatic heterocycles. The number of phenols is 3. The number of phenolic OH excluding ortho intramolecular Hbond substituents is 3. The van der Waals surface area contributed by atoms with Gasteiger partial charge in [0.25, 0.3) is 0 Å². The normalized spacial score (nSPS) is 11.2. The Morgan fingerprint density at radius 1 is 0.643 bits per heavy atom. The van der Waals surface area contributed by atoms with Gasteiger partial charge in [-0.15, -0.1) is 0 Å². The van der Waals surface area contributed by atoms with Gasteiger partial charge in [-0.3, -0.25) is 0 Å². The molecule has 0 atom stereocenters. The number of allylic oxidation sites excluding steroid dienone is 2. The minimum absolute atomic E-state index is 0.146. The van der Waals surface area contributed by atoms with Crippen molar-refractivity contribution in [2.24, 2.45) is 0 Å². The molecule has 0 radical (unpaired) electrons. The first-order valence-corrected chi connectivity index (χ1v) is 9.30. The smallest absolute Gasteiger partial charge is 0.138 e. The van der Waals surface area contributed by atoms with Gasteiger partial charge in [-0.25, -0.2) is 0 Å². The van der Waals surface area contributed by atoms with Crippen LogP contribution in [0.5, 0.6) is 17.2 Å². The third kappa shape index (κ3) is 5.55. The van der Waals surface area contributed by atoms with E-state index < -0.39 is 0 Å². The minimum Gasteiger partial charge on any atom is -0.508 e. The average molecular weight is 377 g/mol. The van der Waals surface area contributed by atoms with Crippen LogP contribution in [0.1, 0.15) is 37.8 Å². The number of aromatic hydroxyl groups is 3. The first-order valence-electron chi connectivity index (χ1n) is 9.30. The lowest BCUT2D eigenvalue weighted by molar-refractivity contribution is 0.474. The summed E-state index contributed by atoms with van der Waals surface area (Å²) in [6.07, 6.45) is 1.85. The van der Waals surface area contributed by atoms with Crippen LogP contribution >= 0.6 is 0 Å². The molecule has 4 nitrogen and oxygen atoms in total. The second-order valence-corrected chi connectivity index (χ2v) is 6.32. The van der Waals surface area contributed by atoms with Gasteiger partial charge in [0.05, 0.1) is 5.69 Å². The molecule has 0 saturated heterocycles. The van der Waals surface area contributed by atoms with E-state index in [0.717, 1.165) is 24.0 Å². The van der Waals surface area contributed by atoms with E-state index in [1.54, 1.807) is 48.5 Å². The Bertz CT molecular complexity index is 837. The molecule has 0 aliphatic heterocycles. The molecule has 0 heterocycles. The van der Waals surface area contributed by atoms with Crippen LogP contribution in [0.3, 0.4) is 0 Å². The number of anilines is 1. The molecule has 28 heavy (non-hydrogen) atoms. The molecule has 3 rings (SSSR count). The zero-order valence-electron chi connectivity index (χ0n) is 16.3. The maximum Gasteiger partial charge on any atom is 0.138 e. The van der Waals surface area contributed by atoms with Crippen LogP contribution in [0.4, 0.5) is 5.69 Å². The van der Waals surface area contributed by atoms with Gasteiger partial charge in [0, 0.05) is 0 Å². The van der Waals surface area contributed by atoms with E-state index in [9.17, 15) is 10.2 Å². The molecule has 0 bridgehead atoms. The van der Waals surface area contributed by atoms with E-state index >= 15 is 0 Å². The number of hydrogen-bond donors (Lipinski definition) is 4. The van der Waals surface area contributed by atoms with Crippen LogP contribution in [0.15, 0.2) is 72.8 Å². The van der Waals surface area contributed by atoms with Crippen molar-refractivity contribution >= 4 is 16.8 Å². The first kappa shape index (κ1) is 20.9. The van der Waals surface area contributed by atoms with Crippen LogP contribution in [-0.2, 0) is 0 Å². The van der Waals surface area contributed by atoms with Crippen molar-refractivity contribution in [3.63, 3.8) is 0 Å². The quantitative estimate of drug-likeness (QED) is 0.263. The second-order valence-electron chi connectivity index (χ2n) is 6.32. The molecule has 4 heteroatoms. The maximum atomic E-state index is 9.41. The second kappa shape index (κ2) is 10.1. The standard InChI is InChI=1S/C18H20O2.C6H7NO/c1-3-17(13-5-9-15(19)10-6-13)18(4-2)14-7-11-16(20)12-8-14;7-5-3-1-2-4-6(5)8/h5-12,19-20H,3-4H2,1-2H3;1-4,8H,7H2/b18-17+;. The van der Waals surface area contributed by atoms with Crippen molar-refractivity contribution in [2.45, 2.75) is 26.7 Å². The van der Waals surface area contributed by atoms with Crippen LogP contribution in [0, 0.1) is 0 Å². The first-order chi connectivity index (χ1) is 13.5. The number of rotatable bonds is 4. The van der Waals surface area contributed by atoms with Gasteiger partial charge in [0.15, 0.2) is 0 Å². The van der Waals surface area contributed by atoms with Crippen molar-refractivity contribution < 1.29 is 15.3 Å². The summed E-state index contributed by atoms with van der Waals surface area (Å²) in [6, 6.07) is 21.4. The lowest BCUT2D eigenvalue weighted by atomic mass is 9.91. The van der Waals surface area contributed by atoms with Gasteiger partial charge in [0.1, 0.15) is 17.2 Å². The summed E-state index contributed by atoms with van der Waals surface area (Å²) in [7, 11) is 0. The third-order valence-corrected chi connectivity index (χ3v) is 4.44. The summed E-state index contributed by atoms with van der Waals surface area (Å²) in [4.78, 5) is 0. The lowest BCUT2D eigenvalue weighted by Crippen LogP contribution is -1.91. The molecule has 0 unspecified atom stereocenters. The fraction of sp³-hybridized carbons (Fsp3) is 0.167. The molecule has 0 fully saturated rings. The topological polar surface area (TPSA) is 86.7 Å². The van der Waals surface area contributed by atoms with E-state index in [-0.39, 0.29) is 17.2 Å². The zero-order chi connectivity index (χ0) is 20.5. The molecule has 0 amide bonds. The molecule has 0 spiro atoms. The summed E-state index contributed by atoms with van der Waals surface area (Å²) in [5, 5.41) is 27.6. The Morgan fingerprint density at radius 2 is 1.04 bits per heavy atom. The van der Waals surface area contributed by atoms with E-state index in [1.165, 1.54) is 11.1 Å². The highest BCUT2D eigenvalue weighted by Crippen LogP contribution is 2.32. The van der Waals surface area contributed by atoms with Crippen molar-refractivity contribution in [3.05, 3.63) is 83.9 Å². The Balaban J connectivity index is 0.000000292. The van der Waals surface area contributed by atoms with E-state index in [0.29, 0.717) is 5.69 Å². The van der Waals surface area contributed by atoms with Crippen molar-refractivity contribution in [1.29, 1.82) is 0 Å². The number of nitrogens with two attached hydrogens (primary N) is 1. The Kier molecular flexibility index (Phi) is 7.52. The summed E-state index contributed by atoms with van der Waals surface area (Å²) < 4.78 is 0. The largest absolute Gasteiger partial charge is 0.508 e. The molecule has 3 aromatic rings. The summed E-state index contributed by atoms with van der Waals surface area (Å²) in [5.74, 6) is 0.714. The SMILES string of the molecule is CC/C(=C(/CC)c1ccc(O)cc1)c1ccc(O)cc1.Nc1ccccc1O. The average Bonchev–Trinajstić information content (AvgIpc) is 2.71. The minimum atomic E-state index is 0.146. The van der Waals surface area contributed by atoms with Crippen molar-refractivity contribution in [3.8, 4) is 17.2 Å². The molecular formula is C24H27NO3. The molecule has 146 valence electrons. The molecular weight excluding hydrogens is 350 g/mol. The van der Waals surface area contributed by atoms with Gasteiger partial charge in [-0.2, -0.15) is 0 Å². The highest BCUT2D eigenvalue weighted by molar-refractivity contribution is 5.90. The molecule has 0 aliphatic rings. The number of para-hydroxylation sites is 2. The molecule has 0 saturated carbocycles. The van der Waals surface area contributed by atoms with Gasteiger partial charge in [-0.05, 0) is 71.5 Å². The van der Waals surface area contributed by atoms with Gasteiger partial charge in [-0.1, -0.05) is 50.2 Å². The highest BCUT2D eigenvalue weighted by Gasteiger charge is 2.09. The van der Waals surface area contributed by atoms with E-state index in [4.69, 9.17) is 10.8 Å². The fourth-order valence-electron chi connectivity index (χ4n) is 3.00. The van der Waals surface area contributed by atoms with Gasteiger partial charge >= 0.3 is 0 Å². The van der Waals surface area contributed by atoms with Crippen molar-refractivity contribution in [2.75, 3.05) is 5.73 Å². The predicted molar refractivity (Wildman–Crippen MR) is 116 cm³/mol. The Hall–Kier alpha value is -3.40. The Morgan fingerprint density at radius 3 is 1.32 bits per heavy atom. The Labute approximate surface area is 166 Å². The van der Waals surface area contributed by atoms with Crippen molar-refractivity contribution in [1.82, 2.24) is 0 Å². The third-order valence-electron chi connectivity index (χ3n) is 4.44. The van der Waals surface area contributed by atoms with Crippen LogP contribution in [0.25, 0.3) is 11.1 Å². The molecule has 5 N–H and O–H groups in total. The van der Waals surface area contributed by atoms with E-state index in [1.807, 2.05) is 24.3 Å². The molecule has 0 aliphatic carbocycles. The lowest BCUT2D eigenvalue weighted by Gasteiger charge is -2.14.